The molecule has 1 unspecified atom stereocenters. The molecule has 3 nitrogen and oxygen atoms in total. The molecule has 0 saturated carbocycles. The van der Waals surface area contributed by atoms with E-state index in [4.69, 9.17) is 0 Å². The van der Waals surface area contributed by atoms with Crippen molar-refractivity contribution in [3.8, 4) is 0 Å². The number of hydrogen-bond acceptors (Lipinski definition) is 4. The number of benzene rings is 1. The molecule has 1 heterocycles. The van der Waals surface area contributed by atoms with Gasteiger partial charge in [0, 0.05) is 11.9 Å². The van der Waals surface area contributed by atoms with Crippen LogP contribution in [0.25, 0.3) is 0 Å². The van der Waals surface area contributed by atoms with Crippen molar-refractivity contribution in [2.45, 2.75) is 30.0 Å². The zero-order valence-corrected chi connectivity index (χ0v) is 10.9. The molecule has 0 aliphatic carbocycles. The Morgan fingerprint density at radius 1 is 1.33 bits per heavy atom. The van der Waals surface area contributed by atoms with Crippen LogP contribution < -0.4 is 0 Å². The Hall–Kier alpha value is -1.46. The molecule has 18 heavy (non-hydrogen) atoms. The van der Waals surface area contributed by atoms with E-state index in [9.17, 15) is 9.50 Å². The lowest BCUT2D eigenvalue weighted by Crippen LogP contribution is -1.94. The van der Waals surface area contributed by atoms with Crippen molar-refractivity contribution in [1.82, 2.24) is 9.97 Å². The van der Waals surface area contributed by atoms with E-state index in [0.717, 1.165) is 5.69 Å². The standard InChI is InChI=1S/C13H13FN2OS/c1-8-5-6-15-13(16-8)18-12-4-3-10(9(2)17)7-11(12)14/h3-7,9,17H,1-2H3. The van der Waals surface area contributed by atoms with Gasteiger partial charge in [0.25, 0.3) is 0 Å². The first-order valence-corrected chi connectivity index (χ1v) is 6.33. The van der Waals surface area contributed by atoms with Crippen LogP contribution in [-0.4, -0.2) is 15.1 Å². The summed E-state index contributed by atoms with van der Waals surface area (Å²) in [5.74, 6) is -0.372. The number of aliphatic hydroxyl groups is 1. The summed E-state index contributed by atoms with van der Waals surface area (Å²) in [6.07, 6.45) is 0.973. The fourth-order valence-corrected chi connectivity index (χ4v) is 2.23. The third-order valence-corrected chi connectivity index (χ3v) is 3.34. The van der Waals surface area contributed by atoms with Crippen molar-refractivity contribution < 1.29 is 9.50 Å². The molecule has 0 radical (unpaired) electrons. The summed E-state index contributed by atoms with van der Waals surface area (Å²) in [5.41, 5.74) is 1.40. The van der Waals surface area contributed by atoms with Gasteiger partial charge in [-0.2, -0.15) is 0 Å². The number of aromatic nitrogens is 2. The maximum absolute atomic E-state index is 13.8. The predicted molar refractivity (Wildman–Crippen MR) is 67.9 cm³/mol. The van der Waals surface area contributed by atoms with Gasteiger partial charge >= 0.3 is 0 Å². The van der Waals surface area contributed by atoms with E-state index in [1.165, 1.54) is 17.8 Å². The first-order chi connectivity index (χ1) is 8.56. The molecular formula is C13H13FN2OS. The quantitative estimate of drug-likeness (QED) is 0.865. The van der Waals surface area contributed by atoms with Gasteiger partial charge in [-0.25, -0.2) is 14.4 Å². The number of halogens is 1. The van der Waals surface area contributed by atoms with E-state index in [-0.39, 0.29) is 5.82 Å². The minimum Gasteiger partial charge on any atom is -0.389 e. The number of rotatable bonds is 3. The van der Waals surface area contributed by atoms with Gasteiger partial charge in [0.05, 0.1) is 11.0 Å². The van der Waals surface area contributed by atoms with E-state index in [2.05, 4.69) is 9.97 Å². The van der Waals surface area contributed by atoms with Gasteiger partial charge < -0.3 is 5.11 Å². The molecule has 94 valence electrons. The summed E-state index contributed by atoms with van der Waals surface area (Å²) in [5, 5.41) is 9.88. The molecule has 0 amide bonds. The summed E-state index contributed by atoms with van der Waals surface area (Å²) in [7, 11) is 0. The fourth-order valence-electron chi connectivity index (χ4n) is 1.43. The normalized spacial score (nSPS) is 12.4. The molecule has 0 spiro atoms. The van der Waals surface area contributed by atoms with Gasteiger partial charge in [0.2, 0.25) is 0 Å². The van der Waals surface area contributed by atoms with Crippen LogP contribution in [0.4, 0.5) is 4.39 Å². The molecule has 0 aliphatic heterocycles. The Morgan fingerprint density at radius 2 is 2.11 bits per heavy atom. The second-order valence-corrected chi connectivity index (χ2v) is 4.96. The van der Waals surface area contributed by atoms with Gasteiger partial charge in [0.1, 0.15) is 5.82 Å². The smallest absolute Gasteiger partial charge is 0.192 e. The molecule has 1 N–H and O–H groups in total. The van der Waals surface area contributed by atoms with Crippen molar-refractivity contribution >= 4 is 11.8 Å². The second-order valence-electron chi connectivity index (χ2n) is 3.95. The van der Waals surface area contributed by atoms with Gasteiger partial charge in [-0.3, -0.25) is 0 Å². The van der Waals surface area contributed by atoms with Crippen LogP contribution in [0.1, 0.15) is 24.3 Å². The van der Waals surface area contributed by atoms with Gasteiger partial charge in [-0.15, -0.1) is 0 Å². The lowest BCUT2D eigenvalue weighted by Gasteiger charge is -2.07. The molecule has 2 rings (SSSR count). The number of nitrogens with zero attached hydrogens (tertiary/aromatic N) is 2. The molecule has 0 aliphatic rings. The van der Waals surface area contributed by atoms with E-state index >= 15 is 0 Å². The van der Waals surface area contributed by atoms with Crippen LogP contribution in [0.5, 0.6) is 0 Å². The van der Waals surface area contributed by atoms with Crippen LogP contribution in [0, 0.1) is 12.7 Å². The molecule has 1 aromatic heterocycles. The molecule has 0 saturated heterocycles. The average Bonchev–Trinajstić information content (AvgIpc) is 2.31. The first-order valence-electron chi connectivity index (χ1n) is 5.51. The van der Waals surface area contributed by atoms with Gasteiger partial charge in [-0.05, 0) is 49.4 Å². The Balaban J connectivity index is 2.24. The minimum atomic E-state index is -0.672. The highest BCUT2D eigenvalue weighted by Crippen LogP contribution is 2.28. The van der Waals surface area contributed by atoms with Gasteiger partial charge in [0.15, 0.2) is 5.16 Å². The topological polar surface area (TPSA) is 46.0 Å². The van der Waals surface area contributed by atoms with Crippen LogP contribution >= 0.6 is 11.8 Å². The molecular weight excluding hydrogens is 251 g/mol. The summed E-state index contributed by atoms with van der Waals surface area (Å²) < 4.78 is 13.8. The third kappa shape index (κ3) is 3.05. The lowest BCUT2D eigenvalue weighted by atomic mass is 10.1. The lowest BCUT2D eigenvalue weighted by molar-refractivity contribution is 0.198. The van der Waals surface area contributed by atoms with Crippen molar-refractivity contribution in [1.29, 1.82) is 0 Å². The van der Waals surface area contributed by atoms with Crippen molar-refractivity contribution in [2.75, 3.05) is 0 Å². The molecule has 0 bridgehead atoms. The molecule has 5 heteroatoms. The highest BCUT2D eigenvalue weighted by molar-refractivity contribution is 7.99. The third-order valence-electron chi connectivity index (χ3n) is 2.41. The Bertz CT molecular complexity index is 560. The van der Waals surface area contributed by atoms with E-state index in [1.54, 1.807) is 31.3 Å². The van der Waals surface area contributed by atoms with Crippen LogP contribution in [0.15, 0.2) is 40.5 Å². The summed E-state index contributed by atoms with van der Waals surface area (Å²) >= 11 is 1.17. The van der Waals surface area contributed by atoms with Crippen molar-refractivity contribution in [3.63, 3.8) is 0 Å². The second kappa shape index (κ2) is 5.46. The number of hydrogen-bond donors (Lipinski definition) is 1. The largest absolute Gasteiger partial charge is 0.389 e. The first kappa shape index (κ1) is 13.0. The van der Waals surface area contributed by atoms with Crippen molar-refractivity contribution in [3.05, 3.63) is 47.5 Å². The molecule has 1 aromatic carbocycles. The number of aryl methyl sites for hydroxylation is 1. The highest BCUT2D eigenvalue weighted by Gasteiger charge is 2.09. The Labute approximate surface area is 109 Å². The van der Waals surface area contributed by atoms with Crippen LogP contribution in [0.3, 0.4) is 0 Å². The predicted octanol–water partition coefficient (Wildman–Crippen LogP) is 3.13. The summed E-state index contributed by atoms with van der Waals surface area (Å²) in [6.45, 7) is 3.46. The maximum Gasteiger partial charge on any atom is 0.192 e. The van der Waals surface area contributed by atoms with E-state index in [1.807, 2.05) is 6.92 Å². The Morgan fingerprint density at radius 3 is 2.72 bits per heavy atom. The van der Waals surface area contributed by atoms with E-state index in [0.29, 0.717) is 15.6 Å². The molecule has 2 aromatic rings. The van der Waals surface area contributed by atoms with E-state index < -0.39 is 6.10 Å². The molecule has 0 fully saturated rings. The summed E-state index contributed by atoms with van der Waals surface area (Å²) in [4.78, 5) is 8.72. The monoisotopic (exact) mass is 264 g/mol. The van der Waals surface area contributed by atoms with Crippen molar-refractivity contribution in [2.24, 2.45) is 0 Å². The Kier molecular flexibility index (Phi) is 3.93. The molecule has 1 atom stereocenters. The SMILES string of the molecule is Cc1ccnc(Sc2ccc(C(C)O)cc2F)n1. The average molecular weight is 264 g/mol. The fraction of sp³-hybridized carbons (Fsp3) is 0.231. The zero-order valence-electron chi connectivity index (χ0n) is 10.1. The highest BCUT2D eigenvalue weighted by atomic mass is 32.2. The minimum absolute atomic E-state index is 0.372. The van der Waals surface area contributed by atoms with Crippen LogP contribution in [0.2, 0.25) is 0 Å². The number of aliphatic hydroxyl groups excluding tert-OH is 1. The summed E-state index contributed by atoms with van der Waals surface area (Å²) in [6, 6.07) is 6.46. The maximum atomic E-state index is 13.8. The zero-order chi connectivity index (χ0) is 13.1. The van der Waals surface area contributed by atoms with Gasteiger partial charge in [-0.1, -0.05) is 6.07 Å². The van der Waals surface area contributed by atoms with Crippen LogP contribution in [-0.2, 0) is 0 Å².